The Bertz CT molecular complexity index is 1050. The summed E-state index contributed by atoms with van der Waals surface area (Å²) in [7, 11) is 0. The fourth-order valence-corrected chi connectivity index (χ4v) is 5.56. The molecule has 0 bridgehead atoms. The van der Waals surface area contributed by atoms with Crippen LogP contribution in [0.15, 0.2) is 36.4 Å². The number of nitrogens with zero attached hydrogens (tertiary/aromatic N) is 2. The molecule has 2 aliphatic heterocycles. The third kappa shape index (κ3) is 6.23. The largest absolute Gasteiger partial charge is 0.372 e. The van der Waals surface area contributed by atoms with E-state index in [0.717, 1.165) is 32.5 Å². The van der Waals surface area contributed by atoms with Crippen LogP contribution in [-0.4, -0.2) is 50.6 Å². The van der Waals surface area contributed by atoms with Gasteiger partial charge >= 0.3 is 0 Å². The van der Waals surface area contributed by atoms with E-state index in [1.165, 1.54) is 22.4 Å². The normalized spacial score (nSPS) is 25.2. The quantitative estimate of drug-likeness (QED) is 0.410. The van der Waals surface area contributed by atoms with Crippen molar-refractivity contribution in [2.75, 3.05) is 49.2 Å². The molecule has 2 aromatic rings. The van der Waals surface area contributed by atoms with Crippen molar-refractivity contribution < 1.29 is 13.9 Å². The molecule has 0 N–H and O–H groups in total. The first-order valence-corrected chi connectivity index (χ1v) is 13.7. The summed E-state index contributed by atoms with van der Waals surface area (Å²) in [5.41, 5.74) is 5.25. The Morgan fingerprint density at radius 1 is 0.806 bits per heavy atom. The molecule has 2 aliphatic rings. The van der Waals surface area contributed by atoms with Crippen LogP contribution in [-0.2, 0) is 9.47 Å². The number of aryl methyl sites for hydroxylation is 1. The first-order chi connectivity index (χ1) is 17.0. The summed E-state index contributed by atoms with van der Waals surface area (Å²) in [5, 5.41) is 0. The summed E-state index contributed by atoms with van der Waals surface area (Å²) in [6.45, 7) is 19.9. The zero-order chi connectivity index (χ0) is 26.1. The Balaban J connectivity index is 1.44. The molecule has 2 fully saturated rings. The van der Waals surface area contributed by atoms with Gasteiger partial charge in [-0.15, -0.1) is 0 Å². The van der Waals surface area contributed by atoms with Gasteiger partial charge in [0.25, 0.3) is 0 Å². The van der Waals surface area contributed by atoms with Crippen molar-refractivity contribution in [3.05, 3.63) is 58.9 Å². The number of ether oxygens (including phenoxy) is 2. The monoisotopic (exact) mass is 496 g/mol. The van der Waals surface area contributed by atoms with Crippen molar-refractivity contribution >= 4 is 11.4 Å². The zero-order valence-electron chi connectivity index (χ0n) is 23.4. The molecular formula is C31H45FN2O2. The van der Waals surface area contributed by atoms with E-state index in [1.54, 1.807) is 6.07 Å². The summed E-state index contributed by atoms with van der Waals surface area (Å²) < 4.78 is 27.5. The number of morpholine rings is 2. The highest BCUT2D eigenvalue weighted by atomic mass is 19.1. The lowest BCUT2D eigenvalue weighted by molar-refractivity contribution is -0.0866. The number of hydrogen-bond acceptors (Lipinski definition) is 4. The molecule has 2 unspecified atom stereocenters. The molecule has 0 saturated carbocycles. The van der Waals surface area contributed by atoms with Crippen LogP contribution in [0.3, 0.4) is 0 Å². The van der Waals surface area contributed by atoms with Gasteiger partial charge < -0.3 is 19.3 Å². The molecule has 2 aromatic carbocycles. The van der Waals surface area contributed by atoms with Crippen LogP contribution >= 0.6 is 0 Å². The maximum Gasteiger partial charge on any atom is 0.146 e. The molecule has 0 radical (unpaired) electrons. The molecule has 2 heterocycles. The van der Waals surface area contributed by atoms with Gasteiger partial charge in [0.2, 0.25) is 0 Å². The van der Waals surface area contributed by atoms with Crippen LogP contribution in [0.25, 0.3) is 0 Å². The second-order valence-corrected chi connectivity index (χ2v) is 12.1. The lowest BCUT2D eigenvalue weighted by Crippen LogP contribution is -2.54. The fraction of sp³-hybridized carbons (Fsp3) is 0.613. The molecule has 4 rings (SSSR count). The molecule has 198 valence electrons. The molecule has 0 spiro atoms. The van der Waals surface area contributed by atoms with Crippen LogP contribution in [0.5, 0.6) is 0 Å². The Morgan fingerprint density at radius 3 is 2.00 bits per heavy atom. The molecule has 0 aliphatic carbocycles. The van der Waals surface area contributed by atoms with Crippen molar-refractivity contribution in [3.8, 4) is 0 Å². The second kappa shape index (κ2) is 10.7. The van der Waals surface area contributed by atoms with Crippen molar-refractivity contribution in [2.45, 2.75) is 84.3 Å². The average molecular weight is 497 g/mol. The topological polar surface area (TPSA) is 24.9 Å². The van der Waals surface area contributed by atoms with Gasteiger partial charge in [0, 0.05) is 31.9 Å². The van der Waals surface area contributed by atoms with Gasteiger partial charge in [0.15, 0.2) is 0 Å². The number of anilines is 2. The van der Waals surface area contributed by atoms with Crippen LogP contribution in [0.1, 0.15) is 82.9 Å². The summed E-state index contributed by atoms with van der Waals surface area (Å²) in [6, 6.07) is 12.4. The Morgan fingerprint density at radius 2 is 1.39 bits per heavy atom. The first kappa shape index (κ1) is 26.9. The highest BCUT2D eigenvalue weighted by Gasteiger charge is 2.38. The minimum Gasteiger partial charge on any atom is -0.372 e. The summed E-state index contributed by atoms with van der Waals surface area (Å²) in [5.74, 6) is 0.724. The van der Waals surface area contributed by atoms with Crippen molar-refractivity contribution in [2.24, 2.45) is 0 Å². The average Bonchev–Trinajstić information content (AvgIpc) is 2.83. The molecule has 4 nitrogen and oxygen atoms in total. The maximum absolute atomic E-state index is 14.8. The van der Waals surface area contributed by atoms with E-state index in [0.29, 0.717) is 37.2 Å². The minimum absolute atomic E-state index is 0.152. The van der Waals surface area contributed by atoms with E-state index < -0.39 is 0 Å². The number of hydrogen-bond donors (Lipinski definition) is 0. The van der Waals surface area contributed by atoms with E-state index in [2.05, 4.69) is 76.5 Å². The highest BCUT2D eigenvalue weighted by Crippen LogP contribution is 2.35. The van der Waals surface area contributed by atoms with Gasteiger partial charge in [-0.05, 0) is 86.4 Å². The number of rotatable bonds is 7. The van der Waals surface area contributed by atoms with Crippen molar-refractivity contribution in [1.29, 1.82) is 0 Å². The SMILES string of the molecule is Cc1cc(C(C)C)cc(N2CCOC(C)(CCC3(C)CN(c4cc(C(C)C)ccc4F)CCO3)C2)c1. The van der Waals surface area contributed by atoms with Crippen molar-refractivity contribution in [1.82, 2.24) is 0 Å². The Labute approximate surface area is 217 Å². The van der Waals surface area contributed by atoms with Gasteiger partial charge in [0.05, 0.1) is 30.1 Å². The Kier molecular flexibility index (Phi) is 8.01. The molecule has 2 atom stereocenters. The van der Waals surface area contributed by atoms with Crippen molar-refractivity contribution in [3.63, 3.8) is 0 Å². The van der Waals surface area contributed by atoms with E-state index in [4.69, 9.17) is 9.47 Å². The summed E-state index contributed by atoms with van der Waals surface area (Å²) in [4.78, 5) is 4.65. The summed E-state index contributed by atoms with van der Waals surface area (Å²) in [6.07, 6.45) is 1.76. The molecule has 0 amide bonds. The van der Waals surface area contributed by atoms with Gasteiger partial charge in [-0.25, -0.2) is 4.39 Å². The van der Waals surface area contributed by atoms with E-state index in [1.807, 2.05) is 12.1 Å². The third-order valence-electron chi connectivity index (χ3n) is 7.95. The van der Waals surface area contributed by atoms with Crippen LogP contribution < -0.4 is 9.80 Å². The highest BCUT2D eigenvalue weighted by molar-refractivity contribution is 5.53. The van der Waals surface area contributed by atoms with Crippen LogP contribution in [0.4, 0.5) is 15.8 Å². The maximum atomic E-state index is 14.8. The predicted octanol–water partition coefficient (Wildman–Crippen LogP) is 7.05. The van der Waals surface area contributed by atoms with E-state index in [-0.39, 0.29) is 17.0 Å². The predicted molar refractivity (Wildman–Crippen MR) is 148 cm³/mol. The second-order valence-electron chi connectivity index (χ2n) is 12.1. The first-order valence-electron chi connectivity index (χ1n) is 13.7. The molecule has 2 saturated heterocycles. The van der Waals surface area contributed by atoms with Gasteiger partial charge in [-0.2, -0.15) is 0 Å². The van der Waals surface area contributed by atoms with Crippen LogP contribution in [0, 0.1) is 12.7 Å². The number of halogens is 1. The molecule has 5 heteroatoms. The minimum atomic E-state index is -0.346. The fourth-order valence-electron chi connectivity index (χ4n) is 5.56. The lowest BCUT2D eigenvalue weighted by Gasteiger charge is -2.46. The molecule has 36 heavy (non-hydrogen) atoms. The third-order valence-corrected chi connectivity index (χ3v) is 7.95. The molecule has 0 aromatic heterocycles. The van der Waals surface area contributed by atoms with E-state index >= 15 is 0 Å². The lowest BCUT2D eigenvalue weighted by atomic mass is 9.88. The standard InChI is InChI=1S/C31H45FN2O2/c1-22(2)25-8-9-28(32)29(19-25)34-13-15-36-31(7,21-34)11-10-30(6)20-33(12-14-35-30)27-17-24(5)16-26(18-27)23(3)4/h8-9,16-19,22-23H,10-15,20-21H2,1-7H3. The van der Waals surface area contributed by atoms with Crippen LogP contribution in [0.2, 0.25) is 0 Å². The van der Waals surface area contributed by atoms with E-state index in [9.17, 15) is 4.39 Å². The zero-order valence-corrected chi connectivity index (χ0v) is 23.4. The smallest absolute Gasteiger partial charge is 0.146 e. The Hall–Kier alpha value is -2.11. The van der Waals surface area contributed by atoms with Gasteiger partial charge in [-0.1, -0.05) is 39.8 Å². The van der Waals surface area contributed by atoms with Gasteiger partial charge in [0.1, 0.15) is 5.82 Å². The number of benzene rings is 2. The van der Waals surface area contributed by atoms with Gasteiger partial charge in [-0.3, -0.25) is 0 Å². The molecular weight excluding hydrogens is 451 g/mol. The summed E-state index contributed by atoms with van der Waals surface area (Å²) >= 11 is 0.